The third kappa shape index (κ3) is 6.13. The van der Waals surface area contributed by atoms with Crippen molar-refractivity contribution in [1.29, 1.82) is 0 Å². The first-order chi connectivity index (χ1) is 11.6. The number of rotatable bonds is 6. The fourth-order valence-electron chi connectivity index (χ4n) is 1.88. The minimum Gasteiger partial charge on any atom is -0.347 e. The van der Waals surface area contributed by atoms with E-state index in [4.69, 9.17) is 0 Å². The molecule has 0 spiro atoms. The third-order valence-electron chi connectivity index (χ3n) is 3.38. The lowest BCUT2D eigenvalue weighted by molar-refractivity contribution is -0.136. The van der Waals surface area contributed by atoms with Gasteiger partial charge in [-0.2, -0.15) is 0 Å². The van der Waals surface area contributed by atoms with Crippen LogP contribution >= 0.6 is 0 Å². The van der Waals surface area contributed by atoms with E-state index in [2.05, 4.69) is 10.6 Å². The average Bonchev–Trinajstić information content (AvgIpc) is 2.52. The average molecular weight is 355 g/mol. The molecule has 0 fully saturated rings. The zero-order chi connectivity index (χ0) is 19.2. The molecule has 0 atom stereocenters. The Hall–Kier alpha value is -2.51. The molecule has 6 nitrogen and oxygen atoms in total. The van der Waals surface area contributed by atoms with E-state index in [1.807, 2.05) is 0 Å². The molecule has 0 aliphatic carbocycles. The molecule has 0 aromatic heterocycles. The van der Waals surface area contributed by atoms with Gasteiger partial charge in [-0.15, -0.1) is 0 Å². The van der Waals surface area contributed by atoms with Crippen LogP contribution in [0.1, 0.15) is 27.7 Å². The van der Waals surface area contributed by atoms with Crippen molar-refractivity contribution in [2.24, 2.45) is 5.41 Å². The first kappa shape index (κ1) is 20.5. The van der Waals surface area contributed by atoms with Crippen LogP contribution in [0.15, 0.2) is 18.2 Å². The fourth-order valence-corrected chi connectivity index (χ4v) is 1.88. The highest BCUT2D eigenvalue weighted by Crippen LogP contribution is 2.17. The third-order valence-corrected chi connectivity index (χ3v) is 3.38. The summed E-state index contributed by atoms with van der Waals surface area (Å²) >= 11 is 0. The summed E-state index contributed by atoms with van der Waals surface area (Å²) in [5.74, 6) is -3.30. The van der Waals surface area contributed by atoms with Gasteiger partial charge in [0.25, 0.3) is 0 Å². The van der Waals surface area contributed by atoms with Gasteiger partial charge >= 0.3 is 0 Å². The number of para-hydroxylation sites is 1. The van der Waals surface area contributed by atoms with Crippen LogP contribution in [0.25, 0.3) is 0 Å². The zero-order valence-electron chi connectivity index (χ0n) is 14.8. The second-order valence-corrected chi connectivity index (χ2v) is 6.49. The number of carbonyl (C=O) groups excluding carboxylic acids is 3. The van der Waals surface area contributed by atoms with E-state index in [1.54, 1.807) is 27.7 Å². The topological polar surface area (TPSA) is 78.5 Å². The number of benzene rings is 1. The Balaban J connectivity index is 2.64. The maximum absolute atomic E-state index is 13.5. The fraction of sp³-hybridized carbons (Fsp3) is 0.471. The van der Waals surface area contributed by atoms with Crippen molar-refractivity contribution in [3.05, 3.63) is 29.8 Å². The van der Waals surface area contributed by atoms with Gasteiger partial charge in [-0.3, -0.25) is 14.4 Å². The Kier molecular flexibility index (Phi) is 7.02. The number of hydrogen-bond donors (Lipinski definition) is 2. The quantitative estimate of drug-likeness (QED) is 0.818. The summed E-state index contributed by atoms with van der Waals surface area (Å²) in [6.45, 7) is 6.35. The number of amides is 3. The van der Waals surface area contributed by atoms with Crippen LogP contribution in [0, 0.1) is 17.0 Å². The van der Waals surface area contributed by atoms with Gasteiger partial charge in [0.1, 0.15) is 17.3 Å². The Bertz CT molecular complexity index is 637. The molecule has 1 aromatic rings. The summed E-state index contributed by atoms with van der Waals surface area (Å²) < 4.78 is 27.1. The van der Waals surface area contributed by atoms with E-state index in [0.29, 0.717) is 0 Å². The van der Waals surface area contributed by atoms with Crippen molar-refractivity contribution in [3.63, 3.8) is 0 Å². The molecule has 2 N–H and O–H groups in total. The van der Waals surface area contributed by atoms with Gasteiger partial charge in [-0.1, -0.05) is 26.8 Å². The van der Waals surface area contributed by atoms with Crippen molar-refractivity contribution >= 4 is 23.4 Å². The van der Waals surface area contributed by atoms with E-state index in [0.717, 1.165) is 12.1 Å². The SMILES string of the molecule is CCN(CC(=O)Nc1c(F)cccc1F)C(=O)CNC(=O)C(C)(C)C. The molecule has 25 heavy (non-hydrogen) atoms. The summed E-state index contributed by atoms with van der Waals surface area (Å²) in [7, 11) is 0. The molecular weight excluding hydrogens is 332 g/mol. The van der Waals surface area contributed by atoms with Crippen LogP contribution in [-0.2, 0) is 14.4 Å². The summed E-state index contributed by atoms with van der Waals surface area (Å²) in [5.41, 5.74) is -1.20. The summed E-state index contributed by atoms with van der Waals surface area (Å²) in [5, 5.41) is 4.61. The number of halogens is 2. The lowest BCUT2D eigenvalue weighted by atomic mass is 9.96. The van der Waals surface area contributed by atoms with E-state index in [-0.39, 0.29) is 25.5 Å². The van der Waals surface area contributed by atoms with Crippen molar-refractivity contribution in [2.75, 3.05) is 25.0 Å². The van der Waals surface area contributed by atoms with Crippen molar-refractivity contribution in [2.45, 2.75) is 27.7 Å². The molecule has 0 radical (unpaired) electrons. The zero-order valence-corrected chi connectivity index (χ0v) is 14.8. The van der Waals surface area contributed by atoms with Crippen molar-refractivity contribution in [1.82, 2.24) is 10.2 Å². The van der Waals surface area contributed by atoms with Crippen LogP contribution in [0.3, 0.4) is 0 Å². The predicted molar refractivity (Wildman–Crippen MR) is 89.7 cm³/mol. The molecule has 0 saturated heterocycles. The highest BCUT2D eigenvalue weighted by atomic mass is 19.1. The number of hydrogen-bond acceptors (Lipinski definition) is 3. The molecule has 3 amide bonds. The molecule has 138 valence electrons. The first-order valence-corrected chi connectivity index (χ1v) is 7.86. The summed E-state index contributed by atoms with van der Waals surface area (Å²) in [6, 6.07) is 3.22. The molecule has 0 saturated carbocycles. The van der Waals surface area contributed by atoms with Crippen molar-refractivity contribution in [3.8, 4) is 0 Å². The Morgan fingerprint density at radius 3 is 2.16 bits per heavy atom. The van der Waals surface area contributed by atoms with Gasteiger partial charge in [0.2, 0.25) is 17.7 Å². The van der Waals surface area contributed by atoms with Gasteiger partial charge in [-0.25, -0.2) is 8.78 Å². The second-order valence-electron chi connectivity index (χ2n) is 6.49. The van der Waals surface area contributed by atoms with Crippen LogP contribution in [-0.4, -0.2) is 42.3 Å². The molecule has 0 heterocycles. The maximum atomic E-state index is 13.5. The monoisotopic (exact) mass is 355 g/mol. The molecule has 0 bridgehead atoms. The normalized spacial score (nSPS) is 11.0. The number of likely N-dealkylation sites (N-methyl/N-ethyl adjacent to an activating group) is 1. The molecule has 0 aliphatic heterocycles. The van der Waals surface area contributed by atoms with Crippen LogP contribution in [0.5, 0.6) is 0 Å². The van der Waals surface area contributed by atoms with Gasteiger partial charge in [0.15, 0.2) is 0 Å². The summed E-state index contributed by atoms with van der Waals surface area (Å²) in [4.78, 5) is 37.0. The Labute approximate surface area is 145 Å². The Morgan fingerprint density at radius 1 is 1.12 bits per heavy atom. The smallest absolute Gasteiger partial charge is 0.244 e. The minimum atomic E-state index is -0.903. The summed E-state index contributed by atoms with van der Waals surface area (Å²) in [6.07, 6.45) is 0. The molecule has 1 aromatic carbocycles. The Morgan fingerprint density at radius 2 is 1.68 bits per heavy atom. The minimum absolute atomic E-state index is 0.206. The number of carbonyl (C=O) groups is 3. The van der Waals surface area contributed by atoms with E-state index < -0.39 is 34.6 Å². The molecular formula is C17H23F2N3O3. The van der Waals surface area contributed by atoms with E-state index in [1.165, 1.54) is 11.0 Å². The predicted octanol–water partition coefficient (Wildman–Crippen LogP) is 1.91. The number of anilines is 1. The maximum Gasteiger partial charge on any atom is 0.244 e. The molecule has 8 heteroatoms. The van der Waals surface area contributed by atoms with E-state index >= 15 is 0 Å². The van der Waals surface area contributed by atoms with Crippen molar-refractivity contribution < 1.29 is 23.2 Å². The lowest BCUT2D eigenvalue weighted by Crippen LogP contribution is -2.45. The first-order valence-electron chi connectivity index (χ1n) is 7.86. The van der Waals surface area contributed by atoms with Gasteiger partial charge in [0.05, 0.1) is 13.1 Å². The number of nitrogens with one attached hydrogen (secondary N) is 2. The van der Waals surface area contributed by atoms with Crippen LogP contribution in [0.4, 0.5) is 14.5 Å². The molecule has 1 rings (SSSR count). The van der Waals surface area contributed by atoms with Gasteiger partial charge in [-0.05, 0) is 19.1 Å². The lowest BCUT2D eigenvalue weighted by Gasteiger charge is -2.22. The van der Waals surface area contributed by atoms with Gasteiger partial charge < -0.3 is 15.5 Å². The highest BCUT2D eigenvalue weighted by molar-refractivity contribution is 5.95. The van der Waals surface area contributed by atoms with Crippen LogP contribution < -0.4 is 10.6 Å². The standard InChI is InChI=1S/C17H23F2N3O3/c1-5-22(14(24)9-20-16(25)17(2,3)4)10-13(23)21-15-11(18)7-6-8-12(15)19/h6-8H,5,9-10H2,1-4H3,(H,20,25)(H,21,23). The second kappa shape index (κ2) is 8.55. The van der Waals surface area contributed by atoms with Gasteiger partial charge in [0, 0.05) is 12.0 Å². The van der Waals surface area contributed by atoms with Crippen LogP contribution in [0.2, 0.25) is 0 Å². The largest absolute Gasteiger partial charge is 0.347 e. The van der Waals surface area contributed by atoms with E-state index in [9.17, 15) is 23.2 Å². The molecule has 0 aliphatic rings. The number of nitrogens with zero attached hydrogens (tertiary/aromatic N) is 1. The highest BCUT2D eigenvalue weighted by Gasteiger charge is 2.23. The molecule has 0 unspecified atom stereocenters.